The Balaban J connectivity index is 2.28. The molecule has 3 N–H and O–H groups in total. The van der Waals surface area contributed by atoms with Gasteiger partial charge in [-0.1, -0.05) is 18.2 Å². The molecule has 6 heteroatoms. The second kappa shape index (κ2) is 6.13. The van der Waals surface area contributed by atoms with E-state index in [1.807, 2.05) is 0 Å². The first kappa shape index (κ1) is 14.6. The van der Waals surface area contributed by atoms with Crippen LogP contribution in [0.3, 0.4) is 0 Å². The van der Waals surface area contributed by atoms with Crippen molar-refractivity contribution in [3.63, 3.8) is 0 Å². The lowest BCUT2D eigenvalue weighted by molar-refractivity contribution is 0.565. The predicted molar refractivity (Wildman–Crippen MR) is 77.3 cm³/mol. The molecule has 1 aromatic carbocycles. The van der Waals surface area contributed by atoms with Crippen LogP contribution in [-0.2, 0) is 16.6 Å². The van der Waals surface area contributed by atoms with Crippen LogP contribution in [0.2, 0.25) is 0 Å². The Morgan fingerprint density at radius 3 is 2.50 bits per heavy atom. The third-order valence-corrected chi connectivity index (χ3v) is 4.66. The molecule has 5 nitrogen and oxygen atoms in total. The van der Waals surface area contributed by atoms with Crippen LogP contribution in [0.25, 0.3) is 0 Å². The number of sulfonamides is 1. The van der Waals surface area contributed by atoms with Crippen LogP contribution in [0.4, 0.5) is 0 Å². The van der Waals surface area contributed by atoms with E-state index in [0.717, 1.165) is 5.56 Å². The summed E-state index contributed by atoms with van der Waals surface area (Å²) in [6, 6.07) is 9.95. The molecule has 0 aliphatic heterocycles. The number of aromatic nitrogens is 1. The molecule has 0 aliphatic carbocycles. The molecule has 1 atom stereocenters. The van der Waals surface area contributed by atoms with Crippen molar-refractivity contribution in [2.24, 2.45) is 5.73 Å². The van der Waals surface area contributed by atoms with E-state index < -0.39 is 10.0 Å². The summed E-state index contributed by atoms with van der Waals surface area (Å²) < 4.78 is 27.5. The average Bonchev–Trinajstić information content (AvgIpc) is 2.47. The summed E-state index contributed by atoms with van der Waals surface area (Å²) in [7, 11) is -3.60. The number of benzene rings is 1. The summed E-state index contributed by atoms with van der Waals surface area (Å²) in [5.41, 5.74) is 7.04. The Morgan fingerprint density at radius 1 is 1.20 bits per heavy atom. The predicted octanol–water partition coefficient (Wildman–Crippen LogP) is 1.58. The molecule has 0 bridgehead atoms. The normalized spacial score (nSPS) is 13.1. The van der Waals surface area contributed by atoms with E-state index in [1.54, 1.807) is 55.7 Å². The van der Waals surface area contributed by atoms with Crippen LogP contribution in [0.1, 0.15) is 24.1 Å². The number of hydrogen-bond acceptors (Lipinski definition) is 4. The van der Waals surface area contributed by atoms with Gasteiger partial charge < -0.3 is 5.73 Å². The molecule has 0 saturated carbocycles. The molecule has 106 valence electrons. The Bertz CT molecular complexity index is 672. The van der Waals surface area contributed by atoms with E-state index in [4.69, 9.17) is 5.73 Å². The zero-order chi connectivity index (χ0) is 14.6. The highest BCUT2D eigenvalue weighted by molar-refractivity contribution is 7.89. The van der Waals surface area contributed by atoms with Gasteiger partial charge in [-0.2, -0.15) is 0 Å². The molecule has 0 aliphatic rings. The Hall–Kier alpha value is -1.76. The first-order valence-corrected chi connectivity index (χ1v) is 7.73. The fourth-order valence-electron chi connectivity index (χ4n) is 1.95. The van der Waals surface area contributed by atoms with Crippen LogP contribution in [0.15, 0.2) is 53.7 Å². The largest absolute Gasteiger partial charge is 0.326 e. The lowest BCUT2D eigenvalue weighted by atomic mass is 10.1. The molecule has 0 amide bonds. The smallest absolute Gasteiger partial charge is 0.241 e. The van der Waals surface area contributed by atoms with Crippen LogP contribution >= 0.6 is 0 Å². The third kappa shape index (κ3) is 3.22. The van der Waals surface area contributed by atoms with Crippen molar-refractivity contribution in [3.8, 4) is 0 Å². The van der Waals surface area contributed by atoms with Crippen LogP contribution < -0.4 is 10.5 Å². The number of pyridine rings is 1. The van der Waals surface area contributed by atoms with Crippen molar-refractivity contribution < 1.29 is 8.42 Å². The topological polar surface area (TPSA) is 85.1 Å². The maximum absolute atomic E-state index is 12.4. The van der Waals surface area contributed by atoms with Gasteiger partial charge in [0.05, 0.1) is 4.90 Å². The fraction of sp³-hybridized carbons (Fsp3) is 0.214. The van der Waals surface area contributed by atoms with Crippen LogP contribution in [0, 0.1) is 0 Å². The van der Waals surface area contributed by atoms with E-state index in [9.17, 15) is 8.42 Å². The SMILES string of the molecule is CC(NS(=O)(=O)c1ccccc1CN)c1ccncc1. The van der Waals surface area contributed by atoms with E-state index >= 15 is 0 Å². The first-order valence-electron chi connectivity index (χ1n) is 6.25. The monoisotopic (exact) mass is 291 g/mol. The van der Waals surface area contributed by atoms with Gasteiger partial charge in [-0.25, -0.2) is 13.1 Å². The third-order valence-electron chi connectivity index (χ3n) is 3.02. The van der Waals surface area contributed by atoms with Gasteiger partial charge in [0.25, 0.3) is 0 Å². The lowest BCUT2D eigenvalue weighted by Gasteiger charge is -2.16. The highest BCUT2D eigenvalue weighted by Crippen LogP contribution is 2.19. The number of hydrogen-bond donors (Lipinski definition) is 2. The average molecular weight is 291 g/mol. The van der Waals surface area contributed by atoms with Crippen LogP contribution in [0.5, 0.6) is 0 Å². The Labute approximate surface area is 118 Å². The van der Waals surface area contributed by atoms with Gasteiger partial charge in [0.15, 0.2) is 0 Å². The summed E-state index contributed by atoms with van der Waals surface area (Å²) in [6.45, 7) is 1.97. The quantitative estimate of drug-likeness (QED) is 0.876. The summed E-state index contributed by atoms with van der Waals surface area (Å²) in [5.74, 6) is 0. The molecule has 0 radical (unpaired) electrons. The molecule has 1 heterocycles. The highest BCUT2D eigenvalue weighted by Gasteiger charge is 2.20. The maximum Gasteiger partial charge on any atom is 0.241 e. The Kier molecular flexibility index (Phi) is 4.49. The highest BCUT2D eigenvalue weighted by atomic mass is 32.2. The number of nitrogens with one attached hydrogen (secondary N) is 1. The maximum atomic E-state index is 12.4. The van der Waals surface area contributed by atoms with Crippen LogP contribution in [-0.4, -0.2) is 13.4 Å². The molecule has 2 aromatic rings. The zero-order valence-electron chi connectivity index (χ0n) is 11.2. The van der Waals surface area contributed by atoms with Gasteiger partial charge in [-0.05, 0) is 36.2 Å². The molecular weight excluding hydrogens is 274 g/mol. The van der Waals surface area contributed by atoms with E-state index in [-0.39, 0.29) is 17.5 Å². The first-order chi connectivity index (χ1) is 9.54. The van der Waals surface area contributed by atoms with Gasteiger partial charge >= 0.3 is 0 Å². The minimum atomic E-state index is -3.60. The van der Waals surface area contributed by atoms with Gasteiger partial charge in [-0.15, -0.1) is 0 Å². The summed E-state index contributed by atoms with van der Waals surface area (Å²) >= 11 is 0. The number of nitrogens with two attached hydrogens (primary N) is 1. The van der Waals surface area contributed by atoms with Crippen molar-refractivity contribution in [2.45, 2.75) is 24.4 Å². The van der Waals surface area contributed by atoms with Crippen molar-refractivity contribution in [2.75, 3.05) is 0 Å². The van der Waals surface area contributed by atoms with Gasteiger partial charge in [0.1, 0.15) is 0 Å². The molecule has 0 saturated heterocycles. The summed E-state index contributed by atoms with van der Waals surface area (Å²) in [6.07, 6.45) is 3.27. The van der Waals surface area contributed by atoms with Crippen molar-refractivity contribution in [1.29, 1.82) is 0 Å². The number of nitrogens with zero attached hydrogens (tertiary/aromatic N) is 1. The minimum Gasteiger partial charge on any atom is -0.326 e. The molecule has 20 heavy (non-hydrogen) atoms. The minimum absolute atomic E-state index is 0.181. The molecular formula is C14H17N3O2S. The molecule has 1 unspecified atom stereocenters. The van der Waals surface area contributed by atoms with E-state index in [1.165, 1.54) is 0 Å². The van der Waals surface area contributed by atoms with Crippen molar-refractivity contribution in [1.82, 2.24) is 9.71 Å². The number of rotatable bonds is 5. The van der Waals surface area contributed by atoms with Crippen molar-refractivity contribution in [3.05, 3.63) is 59.9 Å². The summed E-state index contributed by atoms with van der Waals surface area (Å²) in [5, 5.41) is 0. The van der Waals surface area contributed by atoms with E-state index in [0.29, 0.717) is 5.56 Å². The van der Waals surface area contributed by atoms with Gasteiger partial charge in [-0.3, -0.25) is 4.98 Å². The zero-order valence-corrected chi connectivity index (χ0v) is 12.0. The fourth-order valence-corrected chi connectivity index (χ4v) is 3.43. The van der Waals surface area contributed by atoms with Crippen molar-refractivity contribution >= 4 is 10.0 Å². The summed E-state index contributed by atoms with van der Waals surface area (Å²) in [4.78, 5) is 4.14. The lowest BCUT2D eigenvalue weighted by Crippen LogP contribution is -2.28. The Morgan fingerprint density at radius 2 is 1.85 bits per heavy atom. The second-order valence-corrected chi connectivity index (χ2v) is 6.12. The molecule has 0 fully saturated rings. The molecule has 1 aromatic heterocycles. The second-order valence-electron chi connectivity index (χ2n) is 4.44. The standard InChI is InChI=1S/C14H17N3O2S/c1-11(12-6-8-16-9-7-12)17-20(18,19)14-5-3-2-4-13(14)10-15/h2-9,11,17H,10,15H2,1H3. The van der Waals surface area contributed by atoms with E-state index in [2.05, 4.69) is 9.71 Å². The molecule has 0 spiro atoms. The molecule has 2 rings (SSSR count). The van der Waals surface area contributed by atoms with Gasteiger partial charge in [0, 0.05) is 25.0 Å². The van der Waals surface area contributed by atoms with Gasteiger partial charge in [0.2, 0.25) is 10.0 Å².